The molecular weight excluding hydrogens is 459 g/mol. The van der Waals surface area contributed by atoms with Crippen LogP contribution < -0.4 is 5.32 Å². The van der Waals surface area contributed by atoms with Crippen molar-refractivity contribution in [3.05, 3.63) is 18.0 Å². The quantitative estimate of drug-likeness (QED) is 0.378. The van der Waals surface area contributed by atoms with E-state index in [0.717, 1.165) is 64.0 Å². The molecule has 1 aromatic rings. The normalized spacial score (nSPS) is 23.0. The minimum absolute atomic E-state index is 0. The molecule has 2 atom stereocenters. The zero-order valence-electron chi connectivity index (χ0n) is 16.6. The van der Waals surface area contributed by atoms with Crippen molar-refractivity contribution in [2.24, 2.45) is 12.0 Å². The highest BCUT2D eigenvalue weighted by Gasteiger charge is 2.25. The monoisotopic (exact) mass is 492 g/mol. The zero-order chi connectivity index (χ0) is 18.4. The van der Waals surface area contributed by atoms with Crippen molar-refractivity contribution in [2.75, 3.05) is 59.1 Å². The number of nitrogens with zero attached hydrogens (tertiary/aromatic N) is 5. The number of halogens is 1. The number of ether oxygens (including phenoxy) is 2. The predicted molar refractivity (Wildman–Crippen MR) is 117 cm³/mol. The molecular formula is C18H33IN6O2. The SMILES string of the molecule is CCNC(=NCC(C)N1CCOCC1)N1CCOC(c2cnn(C)c2)C1.I. The maximum absolute atomic E-state index is 5.96. The lowest BCUT2D eigenvalue weighted by molar-refractivity contribution is -0.00818. The van der Waals surface area contributed by atoms with Crippen LogP contribution in [-0.4, -0.2) is 90.7 Å². The highest BCUT2D eigenvalue weighted by Crippen LogP contribution is 2.21. The number of aromatic nitrogens is 2. The Kier molecular flexibility index (Phi) is 9.27. The molecule has 3 heterocycles. The summed E-state index contributed by atoms with van der Waals surface area (Å²) >= 11 is 0. The third kappa shape index (κ3) is 6.30. The molecule has 2 unspecified atom stereocenters. The van der Waals surface area contributed by atoms with Crippen molar-refractivity contribution in [3.8, 4) is 0 Å². The molecule has 3 rings (SSSR count). The second-order valence-corrected chi connectivity index (χ2v) is 6.94. The van der Waals surface area contributed by atoms with Crippen molar-refractivity contribution in [1.29, 1.82) is 0 Å². The van der Waals surface area contributed by atoms with Crippen LogP contribution in [0.25, 0.3) is 0 Å². The molecule has 1 N–H and O–H groups in total. The first kappa shape index (κ1) is 22.4. The number of guanidine groups is 1. The minimum atomic E-state index is 0. The Bertz CT molecular complexity index is 590. The summed E-state index contributed by atoms with van der Waals surface area (Å²) in [6, 6.07) is 0.419. The number of rotatable bonds is 5. The maximum Gasteiger partial charge on any atom is 0.194 e. The summed E-state index contributed by atoms with van der Waals surface area (Å²) in [7, 11) is 1.93. The smallest absolute Gasteiger partial charge is 0.194 e. The van der Waals surface area contributed by atoms with Crippen LogP contribution in [0.3, 0.4) is 0 Å². The van der Waals surface area contributed by atoms with Gasteiger partial charge in [-0.2, -0.15) is 5.10 Å². The van der Waals surface area contributed by atoms with Crippen molar-refractivity contribution >= 4 is 29.9 Å². The molecule has 2 saturated heterocycles. The first-order valence-electron chi connectivity index (χ1n) is 9.62. The van der Waals surface area contributed by atoms with Gasteiger partial charge < -0.3 is 19.7 Å². The third-order valence-electron chi connectivity index (χ3n) is 4.97. The third-order valence-corrected chi connectivity index (χ3v) is 4.97. The lowest BCUT2D eigenvalue weighted by Crippen LogP contribution is -2.49. The summed E-state index contributed by atoms with van der Waals surface area (Å²) in [4.78, 5) is 9.67. The number of aryl methyl sites for hydroxylation is 1. The Labute approximate surface area is 179 Å². The molecule has 0 radical (unpaired) electrons. The first-order chi connectivity index (χ1) is 12.7. The van der Waals surface area contributed by atoms with Crippen molar-refractivity contribution < 1.29 is 9.47 Å². The van der Waals surface area contributed by atoms with Crippen molar-refractivity contribution in [3.63, 3.8) is 0 Å². The van der Waals surface area contributed by atoms with Gasteiger partial charge in [0.1, 0.15) is 6.10 Å². The molecule has 2 aliphatic rings. The number of aliphatic imine (C=N–C) groups is 1. The fourth-order valence-electron chi connectivity index (χ4n) is 3.43. The number of nitrogens with one attached hydrogen (secondary N) is 1. The Morgan fingerprint density at radius 1 is 1.33 bits per heavy atom. The van der Waals surface area contributed by atoms with Gasteiger partial charge in [0, 0.05) is 51.0 Å². The highest BCUT2D eigenvalue weighted by molar-refractivity contribution is 14.0. The van der Waals surface area contributed by atoms with Gasteiger partial charge >= 0.3 is 0 Å². The van der Waals surface area contributed by atoms with Gasteiger partial charge in [0.2, 0.25) is 0 Å². The molecule has 0 bridgehead atoms. The Morgan fingerprint density at radius 3 is 2.78 bits per heavy atom. The Balaban J connectivity index is 0.00000261. The van der Waals surface area contributed by atoms with Gasteiger partial charge in [0.15, 0.2) is 5.96 Å². The Hall–Kier alpha value is -0.910. The van der Waals surface area contributed by atoms with Gasteiger partial charge in [-0.25, -0.2) is 0 Å². The second kappa shape index (κ2) is 11.2. The summed E-state index contributed by atoms with van der Waals surface area (Å²) < 4.78 is 13.2. The molecule has 8 nitrogen and oxygen atoms in total. The first-order valence-corrected chi connectivity index (χ1v) is 9.62. The van der Waals surface area contributed by atoms with Crippen LogP contribution in [-0.2, 0) is 16.5 Å². The van der Waals surface area contributed by atoms with Gasteiger partial charge in [-0.1, -0.05) is 0 Å². The fourth-order valence-corrected chi connectivity index (χ4v) is 3.43. The summed E-state index contributed by atoms with van der Waals surface area (Å²) in [6.07, 6.45) is 3.95. The number of morpholine rings is 2. The van der Waals surface area contributed by atoms with E-state index in [2.05, 4.69) is 34.1 Å². The average Bonchev–Trinajstić information content (AvgIpc) is 3.12. The molecule has 0 saturated carbocycles. The van der Waals surface area contributed by atoms with Crippen LogP contribution >= 0.6 is 24.0 Å². The summed E-state index contributed by atoms with van der Waals surface area (Å²) in [5.41, 5.74) is 1.12. The van der Waals surface area contributed by atoms with E-state index < -0.39 is 0 Å². The number of hydrogen-bond acceptors (Lipinski definition) is 5. The van der Waals surface area contributed by atoms with Crippen LogP contribution in [0.4, 0.5) is 0 Å². The van der Waals surface area contributed by atoms with E-state index in [0.29, 0.717) is 12.6 Å². The van der Waals surface area contributed by atoms with E-state index in [1.54, 1.807) is 0 Å². The fraction of sp³-hybridized carbons (Fsp3) is 0.778. The van der Waals surface area contributed by atoms with Gasteiger partial charge in [-0.3, -0.25) is 14.6 Å². The number of hydrogen-bond donors (Lipinski definition) is 1. The topological polar surface area (TPSA) is 67.2 Å². The Morgan fingerprint density at radius 2 is 2.11 bits per heavy atom. The van der Waals surface area contributed by atoms with E-state index in [-0.39, 0.29) is 30.1 Å². The van der Waals surface area contributed by atoms with Crippen molar-refractivity contribution in [1.82, 2.24) is 24.9 Å². The summed E-state index contributed by atoms with van der Waals surface area (Å²) in [5, 5.41) is 7.71. The lowest BCUT2D eigenvalue weighted by atomic mass is 10.1. The van der Waals surface area contributed by atoms with E-state index in [1.165, 1.54) is 0 Å². The molecule has 0 amide bonds. The van der Waals surface area contributed by atoms with Gasteiger partial charge in [-0.05, 0) is 13.8 Å². The van der Waals surface area contributed by atoms with E-state index in [4.69, 9.17) is 14.5 Å². The molecule has 2 fully saturated rings. The van der Waals surface area contributed by atoms with Crippen LogP contribution in [0.5, 0.6) is 0 Å². The predicted octanol–water partition coefficient (Wildman–Crippen LogP) is 1.10. The van der Waals surface area contributed by atoms with Crippen LogP contribution in [0.2, 0.25) is 0 Å². The van der Waals surface area contributed by atoms with Gasteiger partial charge in [0.25, 0.3) is 0 Å². The summed E-state index contributed by atoms with van der Waals surface area (Å²) in [5.74, 6) is 0.977. The van der Waals surface area contributed by atoms with Gasteiger partial charge in [-0.15, -0.1) is 24.0 Å². The van der Waals surface area contributed by atoms with E-state index in [9.17, 15) is 0 Å². The maximum atomic E-state index is 5.96. The van der Waals surface area contributed by atoms with Crippen LogP contribution in [0.1, 0.15) is 25.5 Å². The molecule has 27 heavy (non-hydrogen) atoms. The van der Waals surface area contributed by atoms with E-state index in [1.807, 2.05) is 24.1 Å². The highest BCUT2D eigenvalue weighted by atomic mass is 127. The van der Waals surface area contributed by atoms with Crippen LogP contribution in [0.15, 0.2) is 17.4 Å². The van der Waals surface area contributed by atoms with Gasteiger partial charge in [0.05, 0.1) is 39.1 Å². The largest absolute Gasteiger partial charge is 0.379 e. The standard InChI is InChI=1S/C18H32N6O2.HI/c1-4-19-18(20-11-15(2)23-5-8-25-9-6-23)24-7-10-26-17(14-24)16-12-21-22(3)13-16;/h12-13,15,17H,4-11,14H2,1-3H3,(H,19,20);1H. The molecule has 0 aromatic carbocycles. The molecule has 9 heteroatoms. The van der Waals surface area contributed by atoms with Crippen molar-refractivity contribution in [2.45, 2.75) is 26.0 Å². The molecule has 0 spiro atoms. The van der Waals surface area contributed by atoms with E-state index >= 15 is 0 Å². The molecule has 1 aromatic heterocycles. The molecule has 2 aliphatic heterocycles. The average molecular weight is 492 g/mol. The minimum Gasteiger partial charge on any atom is -0.379 e. The molecule has 0 aliphatic carbocycles. The van der Waals surface area contributed by atoms with Crippen LogP contribution in [0, 0.1) is 0 Å². The molecule has 154 valence electrons. The lowest BCUT2D eigenvalue weighted by Gasteiger charge is -2.35. The zero-order valence-corrected chi connectivity index (χ0v) is 19.0. The second-order valence-electron chi connectivity index (χ2n) is 6.94. The summed E-state index contributed by atoms with van der Waals surface area (Å²) in [6.45, 7) is 12.0.